The standard InChI is InChI=1S/C14H30N2/c1-11(2)15-13-8-7-9-16(10-13)12(3)14(4,5)6/h11-13,15H,7-10H2,1-6H3. The smallest absolute Gasteiger partial charge is 0.0197 e. The van der Waals surface area contributed by atoms with Crippen LogP contribution in [0.3, 0.4) is 0 Å². The first kappa shape index (κ1) is 14.0. The Morgan fingerprint density at radius 2 is 1.81 bits per heavy atom. The van der Waals surface area contributed by atoms with E-state index < -0.39 is 0 Å². The van der Waals surface area contributed by atoms with Crippen LogP contribution in [0.25, 0.3) is 0 Å². The molecule has 0 aromatic rings. The zero-order valence-corrected chi connectivity index (χ0v) is 12.0. The van der Waals surface area contributed by atoms with E-state index in [4.69, 9.17) is 0 Å². The summed E-state index contributed by atoms with van der Waals surface area (Å²) in [5, 5.41) is 3.68. The average Bonchev–Trinajstić information content (AvgIpc) is 2.14. The third-order valence-electron chi connectivity index (χ3n) is 3.82. The predicted molar refractivity (Wildman–Crippen MR) is 71.8 cm³/mol. The fourth-order valence-corrected chi connectivity index (χ4v) is 2.51. The second-order valence-corrected chi connectivity index (χ2v) is 6.70. The van der Waals surface area contributed by atoms with Crippen LogP contribution in [-0.2, 0) is 0 Å². The fourth-order valence-electron chi connectivity index (χ4n) is 2.51. The van der Waals surface area contributed by atoms with E-state index >= 15 is 0 Å². The third-order valence-corrected chi connectivity index (χ3v) is 3.82. The van der Waals surface area contributed by atoms with Crippen LogP contribution in [0, 0.1) is 5.41 Å². The highest BCUT2D eigenvalue weighted by molar-refractivity contribution is 4.86. The van der Waals surface area contributed by atoms with Crippen molar-refractivity contribution in [1.29, 1.82) is 0 Å². The molecule has 2 nitrogen and oxygen atoms in total. The number of piperidine rings is 1. The monoisotopic (exact) mass is 226 g/mol. The van der Waals surface area contributed by atoms with Crippen molar-refractivity contribution in [2.75, 3.05) is 13.1 Å². The Bertz CT molecular complexity index is 205. The summed E-state index contributed by atoms with van der Waals surface area (Å²) in [6, 6.07) is 1.97. The Labute approximate surface area is 102 Å². The quantitative estimate of drug-likeness (QED) is 0.796. The minimum absolute atomic E-state index is 0.389. The van der Waals surface area contributed by atoms with Gasteiger partial charge in [-0.1, -0.05) is 34.6 Å². The van der Waals surface area contributed by atoms with Crippen LogP contribution in [0.4, 0.5) is 0 Å². The molecule has 16 heavy (non-hydrogen) atoms. The van der Waals surface area contributed by atoms with Gasteiger partial charge in [0.05, 0.1) is 0 Å². The lowest BCUT2D eigenvalue weighted by Crippen LogP contribution is -2.53. The zero-order valence-electron chi connectivity index (χ0n) is 12.0. The van der Waals surface area contributed by atoms with Gasteiger partial charge in [0.15, 0.2) is 0 Å². The molecule has 0 aromatic carbocycles. The molecular weight excluding hydrogens is 196 g/mol. The van der Waals surface area contributed by atoms with E-state index in [2.05, 4.69) is 51.8 Å². The van der Waals surface area contributed by atoms with Crippen molar-refractivity contribution in [3.05, 3.63) is 0 Å². The van der Waals surface area contributed by atoms with E-state index in [1.807, 2.05) is 0 Å². The van der Waals surface area contributed by atoms with Crippen molar-refractivity contribution < 1.29 is 0 Å². The summed E-state index contributed by atoms with van der Waals surface area (Å²) in [5.74, 6) is 0. The van der Waals surface area contributed by atoms with Gasteiger partial charge in [0.2, 0.25) is 0 Å². The van der Waals surface area contributed by atoms with Crippen LogP contribution in [0.15, 0.2) is 0 Å². The molecule has 1 heterocycles. The molecule has 96 valence electrons. The molecule has 2 heteroatoms. The fraction of sp³-hybridized carbons (Fsp3) is 1.00. The van der Waals surface area contributed by atoms with E-state index in [9.17, 15) is 0 Å². The number of rotatable bonds is 3. The summed E-state index contributed by atoms with van der Waals surface area (Å²) in [4.78, 5) is 2.66. The van der Waals surface area contributed by atoms with Gasteiger partial charge in [-0.05, 0) is 31.7 Å². The number of hydrogen-bond acceptors (Lipinski definition) is 2. The normalized spacial score (nSPS) is 26.1. The van der Waals surface area contributed by atoms with Gasteiger partial charge in [-0.25, -0.2) is 0 Å². The van der Waals surface area contributed by atoms with E-state index in [1.54, 1.807) is 0 Å². The molecule has 0 spiro atoms. The van der Waals surface area contributed by atoms with Crippen molar-refractivity contribution in [1.82, 2.24) is 10.2 Å². The van der Waals surface area contributed by atoms with Gasteiger partial charge in [-0.2, -0.15) is 0 Å². The lowest BCUT2D eigenvalue weighted by Gasteiger charge is -2.43. The zero-order chi connectivity index (χ0) is 12.3. The van der Waals surface area contributed by atoms with Crippen LogP contribution in [0.5, 0.6) is 0 Å². The van der Waals surface area contributed by atoms with Gasteiger partial charge in [-0.3, -0.25) is 4.90 Å². The molecule has 0 bridgehead atoms. The van der Waals surface area contributed by atoms with Gasteiger partial charge in [0.1, 0.15) is 0 Å². The van der Waals surface area contributed by atoms with Gasteiger partial charge in [0, 0.05) is 24.7 Å². The lowest BCUT2D eigenvalue weighted by atomic mass is 9.85. The van der Waals surface area contributed by atoms with Crippen molar-refractivity contribution in [2.45, 2.75) is 72.5 Å². The molecule has 2 atom stereocenters. The Kier molecular flexibility index (Phi) is 4.81. The maximum Gasteiger partial charge on any atom is 0.0197 e. The van der Waals surface area contributed by atoms with Crippen molar-refractivity contribution in [3.8, 4) is 0 Å². The summed E-state index contributed by atoms with van der Waals surface area (Å²) < 4.78 is 0. The van der Waals surface area contributed by atoms with Gasteiger partial charge >= 0.3 is 0 Å². The van der Waals surface area contributed by atoms with Crippen molar-refractivity contribution in [2.24, 2.45) is 5.41 Å². The molecule has 2 unspecified atom stereocenters. The van der Waals surface area contributed by atoms with Gasteiger partial charge < -0.3 is 5.32 Å². The molecule has 1 rings (SSSR count). The van der Waals surface area contributed by atoms with Gasteiger partial charge in [-0.15, -0.1) is 0 Å². The summed E-state index contributed by atoms with van der Waals surface area (Å²) in [5.41, 5.74) is 0.389. The molecule has 0 amide bonds. The highest BCUT2D eigenvalue weighted by Gasteiger charge is 2.30. The summed E-state index contributed by atoms with van der Waals surface area (Å²) >= 11 is 0. The molecule has 0 radical (unpaired) electrons. The van der Waals surface area contributed by atoms with Crippen LogP contribution in [0.2, 0.25) is 0 Å². The number of hydrogen-bond donors (Lipinski definition) is 1. The van der Waals surface area contributed by atoms with Crippen molar-refractivity contribution in [3.63, 3.8) is 0 Å². The van der Waals surface area contributed by atoms with Crippen LogP contribution in [-0.4, -0.2) is 36.1 Å². The summed E-state index contributed by atoms with van der Waals surface area (Å²) in [6.07, 6.45) is 2.68. The first-order valence-corrected chi connectivity index (χ1v) is 6.81. The van der Waals surface area contributed by atoms with E-state index in [0.717, 1.165) is 0 Å². The Morgan fingerprint density at radius 1 is 1.19 bits per heavy atom. The average molecular weight is 226 g/mol. The molecular formula is C14H30N2. The van der Waals surface area contributed by atoms with E-state index in [0.29, 0.717) is 23.5 Å². The molecule has 1 N–H and O–H groups in total. The van der Waals surface area contributed by atoms with Crippen LogP contribution in [0.1, 0.15) is 54.4 Å². The number of nitrogens with zero attached hydrogens (tertiary/aromatic N) is 1. The maximum absolute atomic E-state index is 3.68. The molecule has 1 aliphatic heterocycles. The number of likely N-dealkylation sites (tertiary alicyclic amines) is 1. The minimum Gasteiger partial charge on any atom is -0.311 e. The topological polar surface area (TPSA) is 15.3 Å². The van der Waals surface area contributed by atoms with E-state index in [-0.39, 0.29) is 0 Å². The second-order valence-electron chi connectivity index (χ2n) is 6.70. The molecule has 1 saturated heterocycles. The molecule has 0 saturated carbocycles. The molecule has 0 aliphatic carbocycles. The highest BCUT2D eigenvalue weighted by Crippen LogP contribution is 2.26. The maximum atomic E-state index is 3.68. The predicted octanol–water partition coefficient (Wildman–Crippen LogP) is 2.88. The van der Waals surface area contributed by atoms with E-state index in [1.165, 1.54) is 25.9 Å². The molecule has 0 aromatic heterocycles. The first-order chi connectivity index (χ1) is 7.30. The molecule has 1 fully saturated rings. The SMILES string of the molecule is CC(C)NC1CCCN(C(C)C(C)(C)C)C1. The summed E-state index contributed by atoms with van der Waals surface area (Å²) in [6.45, 7) is 16.4. The minimum atomic E-state index is 0.389. The second kappa shape index (κ2) is 5.50. The summed E-state index contributed by atoms with van der Waals surface area (Å²) in [7, 11) is 0. The Balaban J connectivity index is 2.50. The first-order valence-electron chi connectivity index (χ1n) is 6.81. The van der Waals surface area contributed by atoms with Crippen LogP contribution >= 0.6 is 0 Å². The van der Waals surface area contributed by atoms with Gasteiger partial charge in [0.25, 0.3) is 0 Å². The molecule has 1 aliphatic rings. The third kappa shape index (κ3) is 4.06. The largest absolute Gasteiger partial charge is 0.311 e. The van der Waals surface area contributed by atoms with Crippen LogP contribution < -0.4 is 5.32 Å². The Hall–Kier alpha value is -0.0800. The highest BCUT2D eigenvalue weighted by atomic mass is 15.2. The Morgan fingerprint density at radius 3 is 2.31 bits per heavy atom. The lowest BCUT2D eigenvalue weighted by molar-refractivity contribution is 0.0761. The number of nitrogens with one attached hydrogen (secondary N) is 1. The van der Waals surface area contributed by atoms with Crippen molar-refractivity contribution >= 4 is 0 Å².